The van der Waals surface area contributed by atoms with Crippen molar-refractivity contribution in [2.24, 2.45) is 0 Å². The number of carboxylic acids is 1. The summed E-state index contributed by atoms with van der Waals surface area (Å²) in [5, 5.41) is 21.7. The molecule has 3 unspecified atom stereocenters. The molecule has 11 nitrogen and oxygen atoms in total. The number of phosphoric ester groups is 1. The molecule has 0 aromatic heterocycles. The summed E-state index contributed by atoms with van der Waals surface area (Å²) in [4.78, 5) is 45.7. The van der Waals surface area contributed by atoms with Crippen LogP contribution in [0, 0.1) is 0 Å². The number of phosphoric acid groups is 1. The van der Waals surface area contributed by atoms with Gasteiger partial charge in [0.1, 0.15) is 12.7 Å². The maximum Gasteiger partial charge on any atom is 0.472 e. The summed E-state index contributed by atoms with van der Waals surface area (Å²) in [6, 6.07) is -1.55. The molecule has 0 aromatic carbocycles. The molecule has 0 bridgehead atoms. The number of amides is 1. The lowest BCUT2D eigenvalue weighted by Gasteiger charge is -2.18. The van der Waals surface area contributed by atoms with Crippen molar-refractivity contribution < 1.29 is 47.8 Å². The number of carboxylic acid groups (broad SMARTS) is 1. The van der Waals surface area contributed by atoms with Crippen molar-refractivity contribution in [2.75, 3.05) is 19.8 Å². The van der Waals surface area contributed by atoms with Crippen LogP contribution in [-0.4, -0.2) is 64.9 Å². The number of allylic oxidation sites excluding steroid dienone is 4. The fourth-order valence-electron chi connectivity index (χ4n) is 5.33. The van der Waals surface area contributed by atoms with Crippen LogP contribution >= 0.6 is 7.82 Å². The third kappa shape index (κ3) is 34.8. The third-order valence-electron chi connectivity index (χ3n) is 8.49. The van der Waals surface area contributed by atoms with Gasteiger partial charge in [0.25, 0.3) is 0 Å². The Balaban J connectivity index is 3.97. The molecule has 51 heavy (non-hydrogen) atoms. The van der Waals surface area contributed by atoms with E-state index in [9.17, 15) is 34.1 Å². The fourth-order valence-corrected chi connectivity index (χ4v) is 6.10. The van der Waals surface area contributed by atoms with Crippen LogP contribution < -0.4 is 5.32 Å². The number of ether oxygens (including phenoxy) is 1. The predicted molar refractivity (Wildman–Crippen MR) is 203 cm³/mol. The van der Waals surface area contributed by atoms with Gasteiger partial charge in [0.2, 0.25) is 5.91 Å². The molecule has 4 N–H and O–H groups in total. The minimum Gasteiger partial charge on any atom is -0.480 e. The Morgan fingerprint density at radius 3 is 1.65 bits per heavy atom. The Morgan fingerprint density at radius 2 is 1.10 bits per heavy atom. The number of aliphatic hydroxyl groups is 1. The molecule has 0 aliphatic carbocycles. The van der Waals surface area contributed by atoms with Crippen LogP contribution in [0.2, 0.25) is 0 Å². The standard InChI is InChI=1S/C39H72NO10P/c1-3-5-7-9-11-13-15-17-19-20-22-24-26-28-30-37(42)40-36(39(44)45)34-50-51(46,47)49-33-35(41)32-48-38(43)31-29-27-25-23-21-18-16-14-12-10-8-6-4-2/h9,11,15,17,35-36,41H,3-8,10,12-14,16,18-34H2,1-2H3,(H,40,42)(H,44,45)(H,46,47)/b11-9-,17-15-. The Hall–Kier alpha value is -2.04. The third-order valence-corrected chi connectivity index (χ3v) is 9.44. The molecule has 0 fully saturated rings. The first-order valence-electron chi connectivity index (χ1n) is 19.9. The molecule has 12 heteroatoms. The zero-order chi connectivity index (χ0) is 37.8. The van der Waals surface area contributed by atoms with Gasteiger partial charge in [-0.3, -0.25) is 18.6 Å². The van der Waals surface area contributed by atoms with Gasteiger partial charge >= 0.3 is 19.8 Å². The van der Waals surface area contributed by atoms with Crippen molar-refractivity contribution in [3.05, 3.63) is 24.3 Å². The molecule has 3 atom stereocenters. The SMILES string of the molecule is CCCC/C=C\C/C=C\CCCCCCCC(=O)NC(COP(=O)(O)OCC(O)COC(=O)CCCCCCCCCCCCCCC)C(=O)O. The van der Waals surface area contributed by atoms with Gasteiger partial charge in [0.15, 0.2) is 6.04 Å². The lowest BCUT2D eigenvalue weighted by Crippen LogP contribution is -2.43. The van der Waals surface area contributed by atoms with Gasteiger partial charge in [-0.25, -0.2) is 9.36 Å². The Kier molecular flexibility index (Phi) is 33.6. The molecule has 0 radical (unpaired) electrons. The van der Waals surface area contributed by atoms with Crippen LogP contribution in [0.3, 0.4) is 0 Å². The van der Waals surface area contributed by atoms with Crippen LogP contribution in [-0.2, 0) is 32.7 Å². The van der Waals surface area contributed by atoms with Crippen molar-refractivity contribution in [1.82, 2.24) is 5.32 Å². The first-order valence-corrected chi connectivity index (χ1v) is 21.4. The van der Waals surface area contributed by atoms with Crippen molar-refractivity contribution in [1.29, 1.82) is 0 Å². The highest BCUT2D eigenvalue weighted by Gasteiger charge is 2.28. The van der Waals surface area contributed by atoms with E-state index < -0.39 is 57.6 Å². The predicted octanol–water partition coefficient (Wildman–Crippen LogP) is 9.50. The van der Waals surface area contributed by atoms with Crippen LogP contribution in [0.4, 0.5) is 0 Å². The summed E-state index contributed by atoms with van der Waals surface area (Å²) < 4.78 is 26.7. The maximum atomic E-state index is 12.2. The molecule has 0 heterocycles. The Bertz CT molecular complexity index is 974. The zero-order valence-corrected chi connectivity index (χ0v) is 32.8. The normalized spacial score (nSPS) is 14.1. The second-order valence-corrected chi connectivity index (χ2v) is 14.9. The Morgan fingerprint density at radius 1 is 0.627 bits per heavy atom. The minimum atomic E-state index is -4.75. The van der Waals surface area contributed by atoms with E-state index in [0.717, 1.165) is 64.2 Å². The van der Waals surface area contributed by atoms with Crippen molar-refractivity contribution in [3.8, 4) is 0 Å². The minimum absolute atomic E-state index is 0.131. The van der Waals surface area contributed by atoms with E-state index in [4.69, 9.17) is 13.8 Å². The van der Waals surface area contributed by atoms with Gasteiger partial charge < -0.3 is 25.2 Å². The van der Waals surface area contributed by atoms with E-state index in [2.05, 4.69) is 43.5 Å². The van der Waals surface area contributed by atoms with Crippen molar-refractivity contribution in [3.63, 3.8) is 0 Å². The largest absolute Gasteiger partial charge is 0.480 e. The van der Waals surface area contributed by atoms with E-state index in [1.54, 1.807) is 0 Å². The number of carbonyl (C=O) groups excluding carboxylic acids is 2. The van der Waals surface area contributed by atoms with Gasteiger partial charge in [-0.1, -0.05) is 147 Å². The summed E-state index contributed by atoms with van der Waals surface area (Å²) in [5.74, 6) is -2.39. The van der Waals surface area contributed by atoms with Gasteiger partial charge in [-0.2, -0.15) is 0 Å². The maximum absolute atomic E-state index is 12.2. The molecule has 0 saturated carbocycles. The number of aliphatic carboxylic acids is 1. The number of carbonyl (C=O) groups is 3. The molecule has 0 aliphatic rings. The van der Waals surface area contributed by atoms with E-state index >= 15 is 0 Å². The smallest absolute Gasteiger partial charge is 0.472 e. The highest BCUT2D eigenvalue weighted by atomic mass is 31.2. The van der Waals surface area contributed by atoms with Gasteiger partial charge in [0.05, 0.1) is 13.2 Å². The topological polar surface area (TPSA) is 169 Å². The lowest BCUT2D eigenvalue weighted by molar-refractivity contribution is -0.147. The van der Waals surface area contributed by atoms with E-state index in [1.165, 1.54) is 70.6 Å². The number of aliphatic hydroxyl groups excluding tert-OH is 1. The van der Waals surface area contributed by atoms with Crippen molar-refractivity contribution in [2.45, 2.75) is 187 Å². The van der Waals surface area contributed by atoms with E-state index in [-0.39, 0.29) is 12.8 Å². The zero-order valence-electron chi connectivity index (χ0n) is 31.9. The summed E-state index contributed by atoms with van der Waals surface area (Å²) in [7, 11) is -4.75. The number of nitrogens with one attached hydrogen (secondary N) is 1. The average Bonchev–Trinajstić information content (AvgIpc) is 3.10. The molecular weight excluding hydrogens is 673 g/mol. The fraction of sp³-hybridized carbons (Fsp3) is 0.821. The lowest BCUT2D eigenvalue weighted by atomic mass is 10.0. The number of esters is 1. The molecular formula is C39H72NO10P. The van der Waals surface area contributed by atoms with Gasteiger partial charge in [0, 0.05) is 12.8 Å². The molecule has 0 saturated heterocycles. The highest BCUT2D eigenvalue weighted by Crippen LogP contribution is 2.43. The molecule has 0 aromatic rings. The second kappa shape index (κ2) is 35.0. The molecule has 1 amide bonds. The Labute approximate surface area is 309 Å². The molecule has 0 rings (SSSR count). The number of hydrogen-bond donors (Lipinski definition) is 4. The van der Waals surface area contributed by atoms with Crippen LogP contribution in [0.15, 0.2) is 24.3 Å². The number of unbranched alkanes of at least 4 members (excludes halogenated alkanes) is 19. The second-order valence-electron chi connectivity index (χ2n) is 13.5. The molecule has 298 valence electrons. The van der Waals surface area contributed by atoms with E-state index in [1.807, 2.05) is 0 Å². The summed E-state index contributed by atoms with van der Waals surface area (Å²) >= 11 is 0. The number of hydrogen-bond acceptors (Lipinski definition) is 8. The van der Waals surface area contributed by atoms with E-state index in [0.29, 0.717) is 12.8 Å². The summed E-state index contributed by atoms with van der Waals surface area (Å²) in [6.07, 6.45) is 33.5. The van der Waals surface area contributed by atoms with Crippen molar-refractivity contribution >= 4 is 25.7 Å². The van der Waals surface area contributed by atoms with Crippen LogP contribution in [0.5, 0.6) is 0 Å². The van der Waals surface area contributed by atoms with Gasteiger partial charge in [-0.05, 0) is 38.5 Å². The summed E-state index contributed by atoms with van der Waals surface area (Å²) in [5.41, 5.74) is 0. The monoisotopic (exact) mass is 745 g/mol. The first kappa shape index (κ1) is 49.0. The number of rotatable bonds is 37. The summed E-state index contributed by atoms with van der Waals surface area (Å²) in [6.45, 7) is 2.53. The first-order chi connectivity index (χ1) is 24.6. The van der Waals surface area contributed by atoms with Crippen LogP contribution in [0.1, 0.15) is 174 Å². The quantitative estimate of drug-likeness (QED) is 0.0208. The average molecular weight is 746 g/mol. The van der Waals surface area contributed by atoms with Crippen LogP contribution in [0.25, 0.3) is 0 Å². The van der Waals surface area contributed by atoms with Gasteiger partial charge in [-0.15, -0.1) is 0 Å². The molecule has 0 aliphatic heterocycles. The molecule has 0 spiro atoms. The highest BCUT2D eigenvalue weighted by molar-refractivity contribution is 7.47.